The minimum absolute atomic E-state index is 0.0150. The third kappa shape index (κ3) is 5.17. The zero-order valence-electron chi connectivity index (χ0n) is 15.1. The predicted octanol–water partition coefficient (Wildman–Crippen LogP) is 2.98. The molecule has 29 heavy (non-hydrogen) atoms. The molecule has 2 atom stereocenters. The normalized spacial score (nSPS) is 18.9. The molecule has 1 heterocycles. The van der Waals surface area contributed by atoms with E-state index in [1.807, 2.05) is 0 Å². The first-order valence-corrected chi connectivity index (χ1v) is 10.0. The highest BCUT2D eigenvalue weighted by Gasteiger charge is 2.57. The van der Waals surface area contributed by atoms with Gasteiger partial charge in [0.25, 0.3) is 10.1 Å². The Morgan fingerprint density at radius 2 is 1.97 bits per heavy atom. The molecule has 1 fully saturated rings. The molecule has 7 nitrogen and oxygen atoms in total. The molecule has 1 N–H and O–H groups in total. The van der Waals surface area contributed by atoms with Gasteiger partial charge in [0.2, 0.25) is 5.60 Å². The summed E-state index contributed by atoms with van der Waals surface area (Å²) in [4.78, 5) is 12.5. The predicted molar refractivity (Wildman–Crippen MR) is 95.5 cm³/mol. The summed E-state index contributed by atoms with van der Waals surface area (Å²) in [7, 11) is -5.08. The number of carbonyl (C=O) groups excluding carboxylic acids is 1. The lowest BCUT2D eigenvalue weighted by Gasteiger charge is -2.30. The van der Waals surface area contributed by atoms with Crippen LogP contribution in [0.2, 0.25) is 0 Å². The van der Waals surface area contributed by atoms with Crippen LogP contribution in [0, 0.1) is 0 Å². The molecule has 3 rings (SSSR count). The minimum atomic E-state index is -5.23. The topological polar surface area (TPSA) is 102 Å². The third-order valence-corrected chi connectivity index (χ3v) is 5.20. The van der Waals surface area contributed by atoms with Crippen molar-refractivity contribution in [1.82, 2.24) is 0 Å². The fraction of sp³-hybridized carbons (Fsp3) is 0.389. The van der Waals surface area contributed by atoms with Gasteiger partial charge in [-0.3, -0.25) is 4.55 Å². The van der Waals surface area contributed by atoms with Crippen LogP contribution in [0.25, 0.3) is 10.8 Å². The molecule has 0 aromatic heterocycles. The Balaban J connectivity index is 1.93. The van der Waals surface area contributed by atoms with E-state index in [1.165, 1.54) is 18.2 Å². The summed E-state index contributed by atoms with van der Waals surface area (Å²) >= 11 is 0. The zero-order chi connectivity index (χ0) is 21.4. The van der Waals surface area contributed by atoms with Crippen LogP contribution >= 0.6 is 0 Å². The van der Waals surface area contributed by atoms with Crippen molar-refractivity contribution in [3.8, 4) is 5.75 Å². The van der Waals surface area contributed by atoms with Gasteiger partial charge in [-0.05, 0) is 35.9 Å². The van der Waals surface area contributed by atoms with Gasteiger partial charge in [-0.2, -0.15) is 21.6 Å². The largest absolute Gasteiger partial charge is 0.491 e. The lowest BCUT2D eigenvalue weighted by molar-refractivity contribution is -0.243. The van der Waals surface area contributed by atoms with Crippen LogP contribution in [-0.2, 0) is 19.6 Å². The number of alkyl halides is 3. The first kappa shape index (κ1) is 21.3. The lowest BCUT2D eigenvalue weighted by Crippen LogP contribution is -2.51. The molecule has 0 bridgehead atoms. The zero-order valence-corrected chi connectivity index (χ0v) is 15.9. The second-order valence-corrected chi connectivity index (χ2v) is 8.25. The second-order valence-electron chi connectivity index (χ2n) is 6.80. The van der Waals surface area contributed by atoms with E-state index < -0.39 is 33.6 Å². The second kappa shape index (κ2) is 7.47. The summed E-state index contributed by atoms with van der Waals surface area (Å²) in [5.74, 6) is -2.83. The molecule has 1 saturated heterocycles. The Hall–Kier alpha value is -2.37. The van der Waals surface area contributed by atoms with Gasteiger partial charge in [0.15, 0.2) is 0 Å². The van der Waals surface area contributed by atoms with Crippen molar-refractivity contribution >= 4 is 26.9 Å². The van der Waals surface area contributed by atoms with Crippen molar-refractivity contribution in [2.45, 2.75) is 24.8 Å². The van der Waals surface area contributed by atoms with Crippen molar-refractivity contribution in [1.29, 1.82) is 0 Å². The molecule has 0 spiro atoms. The van der Waals surface area contributed by atoms with Gasteiger partial charge in [0, 0.05) is 0 Å². The van der Waals surface area contributed by atoms with E-state index in [1.54, 1.807) is 18.2 Å². The third-order valence-electron chi connectivity index (χ3n) is 4.29. The van der Waals surface area contributed by atoms with Gasteiger partial charge < -0.3 is 14.2 Å². The van der Waals surface area contributed by atoms with Crippen LogP contribution in [0.5, 0.6) is 5.75 Å². The summed E-state index contributed by atoms with van der Waals surface area (Å²) in [6.45, 7) is 1.25. The van der Waals surface area contributed by atoms with E-state index in [0.29, 0.717) is 31.3 Å². The molecule has 0 aliphatic carbocycles. The van der Waals surface area contributed by atoms with Crippen LogP contribution in [-0.4, -0.2) is 55.8 Å². The highest BCUT2D eigenvalue weighted by molar-refractivity contribution is 7.85. The lowest BCUT2D eigenvalue weighted by atomic mass is 10.0. The van der Waals surface area contributed by atoms with E-state index in [-0.39, 0.29) is 17.1 Å². The average molecular weight is 434 g/mol. The van der Waals surface area contributed by atoms with Crippen molar-refractivity contribution in [3.63, 3.8) is 0 Å². The SMILES string of the molecule is CC(CS(=O)(=O)O)(OC(=O)c1cccc2ccc(OCC3CO3)cc12)C(F)(F)F. The molecule has 2 aromatic rings. The van der Waals surface area contributed by atoms with Gasteiger partial charge in [0.1, 0.15) is 24.2 Å². The first-order chi connectivity index (χ1) is 13.4. The summed E-state index contributed by atoms with van der Waals surface area (Å²) in [5, 5.41) is 0.807. The number of benzene rings is 2. The Bertz CT molecular complexity index is 1030. The number of carbonyl (C=O) groups is 1. The van der Waals surface area contributed by atoms with Gasteiger partial charge in [-0.1, -0.05) is 18.2 Å². The van der Waals surface area contributed by atoms with Crippen molar-refractivity contribution in [2.75, 3.05) is 19.0 Å². The average Bonchev–Trinajstić information content (AvgIpc) is 3.41. The number of esters is 1. The molecule has 0 amide bonds. The van der Waals surface area contributed by atoms with Crippen molar-refractivity contribution in [3.05, 3.63) is 42.0 Å². The van der Waals surface area contributed by atoms with Crippen LogP contribution < -0.4 is 4.74 Å². The number of rotatable bonds is 7. The molecule has 0 radical (unpaired) electrons. The number of epoxide rings is 1. The van der Waals surface area contributed by atoms with E-state index in [0.717, 1.165) is 0 Å². The van der Waals surface area contributed by atoms with E-state index in [9.17, 15) is 26.4 Å². The van der Waals surface area contributed by atoms with Gasteiger partial charge in [0.05, 0.1) is 12.2 Å². The molecule has 2 aromatic carbocycles. The maximum atomic E-state index is 13.4. The van der Waals surface area contributed by atoms with E-state index in [4.69, 9.17) is 14.0 Å². The smallest absolute Gasteiger partial charge is 0.429 e. The number of halogens is 3. The van der Waals surface area contributed by atoms with Crippen LogP contribution in [0.4, 0.5) is 13.2 Å². The molecule has 1 aliphatic rings. The molecule has 2 unspecified atom stereocenters. The maximum Gasteiger partial charge on any atom is 0.429 e. The van der Waals surface area contributed by atoms with Gasteiger partial charge in [-0.25, -0.2) is 4.79 Å². The highest BCUT2D eigenvalue weighted by atomic mass is 32.2. The maximum absolute atomic E-state index is 13.4. The number of hydrogen-bond donors (Lipinski definition) is 1. The number of ether oxygens (including phenoxy) is 3. The van der Waals surface area contributed by atoms with Crippen LogP contribution in [0.3, 0.4) is 0 Å². The summed E-state index contributed by atoms with van der Waals surface area (Å²) in [6, 6.07) is 9.07. The standard InChI is InChI=1S/C18H17F3O7S/c1-17(18(19,20)21,10-29(23,24)25)28-16(22)14-4-2-3-11-5-6-12(7-15(11)14)26-8-13-9-27-13/h2-7,13H,8-10H2,1H3,(H,23,24,25). The van der Waals surface area contributed by atoms with E-state index in [2.05, 4.69) is 4.74 Å². The van der Waals surface area contributed by atoms with Crippen molar-refractivity contribution < 1.29 is 45.1 Å². The Kier molecular flexibility index (Phi) is 5.50. The van der Waals surface area contributed by atoms with Crippen LogP contribution in [0.1, 0.15) is 17.3 Å². The summed E-state index contributed by atoms with van der Waals surface area (Å²) < 4.78 is 86.2. The molecular formula is C18H17F3O7S. The Morgan fingerprint density at radius 3 is 2.55 bits per heavy atom. The fourth-order valence-electron chi connectivity index (χ4n) is 2.65. The molecular weight excluding hydrogens is 417 g/mol. The fourth-order valence-corrected chi connectivity index (χ4v) is 3.57. The van der Waals surface area contributed by atoms with Gasteiger partial charge in [-0.15, -0.1) is 0 Å². The molecule has 0 saturated carbocycles. The Labute approximate surface area is 164 Å². The number of hydrogen-bond acceptors (Lipinski definition) is 6. The first-order valence-electron chi connectivity index (χ1n) is 8.40. The van der Waals surface area contributed by atoms with E-state index >= 15 is 0 Å². The highest BCUT2D eigenvalue weighted by Crippen LogP contribution is 2.36. The summed E-state index contributed by atoms with van der Waals surface area (Å²) in [5.41, 5.74) is -3.64. The molecule has 158 valence electrons. The molecule has 1 aliphatic heterocycles. The minimum Gasteiger partial charge on any atom is -0.491 e. The monoisotopic (exact) mass is 434 g/mol. The van der Waals surface area contributed by atoms with Crippen molar-refractivity contribution in [2.24, 2.45) is 0 Å². The molecule has 11 heteroatoms. The van der Waals surface area contributed by atoms with Gasteiger partial charge >= 0.3 is 12.1 Å². The van der Waals surface area contributed by atoms with Crippen LogP contribution in [0.15, 0.2) is 36.4 Å². The number of fused-ring (bicyclic) bond motifs is 1. The quantitative estimate of drug-likeness (QED) is 0.406. The Morgan fingerprint density at radius 1 is 1.28 bits per heavy atom. The summed E-state index contributed by atoms with van der Waals surface area (Å²) in [6.07, 6.45) is -5.25.